The monoisotopic (exact) mass is 297 g/mol. The number of aromatic amines is 1. The van der Waals surface area contributed by atoms with E-state index in [1.165, 1.54) is 12.1 Å². The lowest BCUT2D eigenvalue weighted by molar-refractivity contribution is 0.101. The minimum Gasteiger partial charge on any atom is -0.506 e. The summed E-state index contributed by atoms with van der Waals surface area (Å²) in [4.78, 5) is 15.3. The Morgan fingerprint density at radius 2 is 2.15 bits per heavy atom. The molecular weight excluding hydrogens is 286 g/mol. The average Bonchev–Trinajstić information content (AvgIpc) is 2.77. The minimum atomic E-state index is -3.46. The van der Waals surface area contributed by atoms with Gasteiger partial charge in [-0.2, -0.15) is 4.98 Å². The van der Waals surface area contributed by atoms with Gasteiger partial charge in [0.05, 0.1) is 10.6 Å². The molecule has 1 heterocycles. The molecule has 1 aromatic heterocycles. The number of nitrogens with one attached hydrogen (secondary N) is 2. The smallest absolute Gasteiger partial charge is 0.293 e. The Hall–Kier alpha value is -2.62. The Balaban J connectivity index is 2.31. The molecule has 0 aliphatic heterocycles. The van der Waals surface area contributed by atoms with Crippen molar-refractivity contribution >= 4 is 27.4 Å². The second-order valence-electron chi connectivity index (χ2n) is 3.95. The quantitative estimate of drug-likeness (QED) is 0.570. The molecule has 2 rings (SSSR count). The number of rotatable bonds is 3. The van der Waals surface area contributed by atoms with Gasteiger partial charge in [-0.05, 0) is 18.2 Å². The standard InChI is InChI=1S/C10H11N5O4S/c1-20(18,19)5-2-3-7(16)6(4-5)12-9(17)8-13-10(11)15-14-8/h2-4,16H,1H3,(H,12,17)(H3,11,13,14,15). The maximum absolute atomic E-state index is 11.8. The first-order valence-corrected chi connectivity index (χ1v) is 7.19. The van der Waals surface area contributed by atoms with Crippen molar-refractivity contribution in [2.24, 2.45) is 0 Å². The number of benzene rings is 1. The van der Waals surface area contributed by atoms with E-state index in [-0.39, 0.29) is 28.1 Å². The number of carbonyl (C=O) groups excluding carboxylic acids is 1. The van der Waals surface area contributed by atoms with Gasteiger partial charge < -0.3 is 16.2 Å². The van der Waals surface area contributed by atoms with Gasteiger partial charge >= 0.3 is 0 Å². The van der Waals surface area contributed by atoms with Crippen LogP contribution in [-0.2, 0) is 9.84 Å². The molecule has 0 bridgehead atoms. The molecule has 106 valence electrons. The topological polar surface area (TPSA) is 151 Å². The highest BCUT2D eigenvalue weighted by molar-refractivity contribution is 7.90. The van der Waals surface area contributed by atoms with Gasteiger partial charge in [0.2, 0.25) is 11.8 Å². The number of aromatic hydroxyl groups is 1. The van der Waals surface area contributed by atoms with E-state index in [1.807, 2.05) is 0 Å². The third kappa shape index (κ3) is 2.85. The number of anilines is 2. The highest BCUT2D eigenvalue weighted by Gasteiger charge is 2.15. The molecule has 9 nitrogen and oxygen atoms in total. The van der Waals surface area contributed by atoms with Crippen molar-refractivity contribution in [2.75, 3.05) is 17.3 Å². The van der Waals surface area contributed by atoms with Crippen LogP contribution in [0.3, 0.4) is 0 Å². The Morgan fingerprint density at radius 3 is 2.70 bits per heavy atom. The molecule has 5 N–H and O–H groups in total. The van der Waals surface area contributed by atoms with Crippen LogP contribution in [0.25, 0.3) is 0 Å². The molecule has 1 aromatic carbocycles. The van der Waals surface area contributed by atoms with Crippen LogP contribution in [-0.4, -0.2) is 40.9 Å². The molecule has 0 radical (unpaired) electrons. The summed E-state index contributed by atoms with van der Waals surface area (Å²) in [6.07, 6.45) is 1.02. The molecule has 0 saturated carbocycles. The molecule has 0 atom stereocenters. The van der Waals surface area contributed by atoms with Crippen LogP contribution in [0.5, 0.6) is 5.75 Å². The lowest BCUT2D eigenvalue weighted by Gasteiger charge is -2.07. The summed E-state index contributed by atoms with van der Waals surface area (Å²) in [6.45, 7) is 0. The number of amides is 1. The van der Waals surface area contributed by atoms with Crippen molar-refractivity contribution in [3.63, 3.8) is 0 Å². The second kappa shape index (κ2) is 4.81. The van der Waals surface area contributed by atoms with Gasteiger partial charge in [-0.25, -0.2) is 8.42 Å². The Labute approximate surface area is 113 Å². The van der Waals surface area contributed by atoms with Crippen molar-refractivity contribution in [1.29, 1.82) is 0 Å². The average molecular weight is 297 g/mol. The van der Waals surface area contributed by atoms with Crippen LogP contribution in [0.1, 0.15) is 10.6 Å². The molecule has 0 spiro atoms. The minimum absolute atomic E-state index is 0.0392. The molecule has 2 aromatic rings. The summed E-state index contributed by atoms with van der Waals surface area (Å²) in [5, 5.41) is 17.7. The number of aromatic nitrogens is 3. The lowest BCUT2D eigenvalue weighted by atomic mass is 10.3. The summed E-state index contributed by atoms with van der Waals surface area (Å²) >= 11 is 0. The molecule has 0 aliphatic rings. The Morgan fingerprint density at radius 1 is 1.45 bits per heavy atom. The Bertz CT molecular complexity index is 768. The predicted molar refractivity (Wildman–Crippen MR) is 70.0 cm³/mol. The Kier molecular flexibility index (Phi) is 3.32. The van der Waals surface area contributed by atoms with Crippen LogP contribution in [0.4, 0.5) is 11.6 Å². The van der Waals surface area contributed by atoms with Crippen LogP contribution in [0.2, 0.25) is 0 Å². The van der Waals surface area contributed by atoms with E-state index in [2.05, 4.69) is 20.5 Å². The highest BCUT2D eigenvalue weighted by Crippen LogP contribution is 2.26. The predicted octanol–water partition coefficient (Wildman–Crippen LogP) is -0.252. The van der Waals surface area contributed by atoms with Crippen molar-refractivity contribution in [3.05, 3.63) is 24.0 Å². The SMILES string of the molecule is CS(=O)(=O)c1ccc(O)c(NC(=O)c2nc(N)n[nH]2)c1. The number of sulfone groups is 1. The molecule has 0 saturated heterocycles. The number of hydrogen-bond donors (Lipinski definition) is 4. The van der Waals surface area contributed by atoms with Crippen molar-refractivity contribution in [1.82, 2.24) is 15.2 Å². The van der Waals surface area contributed by atoms with Crippen LogP contribution in [0.15, 0.2) is 23.1 Å². The fourth-order valence-electron chi connectivity index (χ4n) is 1.40. The molecule has 1 amide bonds. The number of nitrogens with two attached hydrogens (primary N) is 1. The van der Waals surface area contributed by atoms with E-state index in [1.54, 1.807) is 0 Å². The molecular formula is C10H11N5O4S. The van der Waals surface area contributed by atoms with Crippen molar-refractivity contribution in [3.8, 4) is 5.75 Å². The number of phenols is 1. The molecule has 0 fully saturated rings. The van der Waals surface area contributed by atoms with Gasteiger partial charge in [0, 0.05) is 6.26 Å². The van der Waals surface area contributed by atoms with E-state index in [0.29, 0.717) is 0 Å². The number of hydrogen-bond acceptors (Lipinski definition) is 7. The first-order valence-electron chi connectivity index (χ1n) is 5.29. The van der Waals surface area contributed by atoms with Crippen LogP contribution < -0.4 is 11.1 Å². The summed E-state index contributed by atoms with van der Waals surface area (Å²) in [7, 11) is -3.46. The largest absolute Gasteiger partial charge is 0.506 e. The van der Waals surface area contributed by atoms with Gasteiger partial charge in [0.25, 0.3) is 5.91 Å². The summed E-state index contributed by atoms with van der Waals surface area (Å²) in [5.41, 5.74) is 5.20. The van der Waals surface area contributed by atoms with Crippen LogP contribution in [0, 0.1) is 0 Å². The fraction of sp³-hybridized carbons (Fsp3) is 0.100. The zero-order valence-corrected chi connectivity index (χ0v) is 11.1. The zero-order chi connectivity index (χ0) is 14.9. The molecule has 10 heteroatoms. The second-order valence-corrected chi connectivity index (χ2v) is 5.96. The molecule has 0 aliphatic carbocycles. The zero-order valence-electron chi connectivity index (χ0n) is 10.3. The number of phenolic OH excluding ortho intramolecular Hbond substituents is 1. The number of nitrogen functional groups attached to an aromatic ring is 1. The summed E-state index contributed by atoms with van der Waals surface area (Å²) < 4.78 is 22.8. The van der Waals surface area contributed by atoms with Gasteiger partial charge in [-0.3, -0.25) is 9.89 Å². The number of nitrogens with zero attached hydrogens (tertiary/aromatic N) is 2. The fourth-order valence-corrected chi connectivity index (χ4v) is 2.05. The molecule has 0 unspecified atom stereocenters. The first kappa shape index (κ1) is 13.8. The normalized spacial score (nSPS) is 11.2. The van der Waals surface area contributed by atoms with E-state index in [4.69, 9.17) is 5.73 Å². The maximum atomic E-state index is 11.8. The third-order valence-electron chi connectivity index (χ3n) is 2.36. The van der Waals surface area contributed by atoms with Gasteiger partial charge in [0.15, 0.2) is 9.84 Å². The maximum Gasteiger partial charge on any atom is 0.293 e. The molecule has 20 heavy (non-hydrogen) atoms. The van der Waals surface area contributed by atoms with E-state index < -0.39 is 15.7 Å². The summed E-state index contributed by atoms with van der Waals surface area (Å²) in [6, 6.07) is 3.54. The van der Waals surface area contributed by atoms with Gasteiger partial charge in [-0.15, -0.1) is 5.10 Å². The first-order chi connectivity index (χ1) is 9.27. The van der Waals surface area contributed by atoms with E-state index >= 15 is 0 Å². The third-order valence-corrected chi connectivity index (χ3v) is 3.47. The lowest BCUT2D eigenvalue weighted by Crippen LogP contribution is -2.14. The van der Waals surface area contributed by atoms with Crippen LogP contribution >= 0.6 is 0 Å². The van der Waals surface area contributed by atoms with Gasteiger partial charge in [-0.1, -0.05) is 0 Å². The number of H-pyrrole nitrogens is 1. The number of carbonyl (C=O) groups is 1. The highest BCUT2D eigenvalue weighted by atomic mass is 32.2. The van der Waals surface area contributed by atoms with Crippen molar-refractivity contribution in [2.45, 2.75) is 4.90 Å². The van der Waals surface area contributed by atoms with E-state index in [9.17, 15) is 18.3 Å². The van der Waals surface area contributed by atoms with Crippen molar-refractivity contribution < 1.29 is 18.3 Å². The summed E-state index contributed by atoms with van der Waals surface area (Å²) in [5.74, 6) is -1.26. The van der Waals surface area contributed by atoms with Gasteiger partial charge in [0.1, 0.15) is 5.75 Å². The van der Waals surface area contributed by atoms with E-state index in [0.717, 1.165) is 12.3 Å².